The first-order valence-corrected chi connectivity index (χ1v) is 9.01. The summed E-state index contributed by atoms with van der Waals surface area (Å²) in [5.74, 6) is -1.53. The molecule has 0 atom stereocenters. The highest BCUT2D eigenvalue weighted by Gasteiger charge is 2.24. The predicted octanol–water partition coefficient (Wildman–Crippen LogP) is 3.68. The second kappa shape index (κ2) is 8.41. The number of carbonyl (C=O) groups excluding carboxylic acids is 3. The van der Waals surface area contributed by atoms with Gasteiger partial charge < -0.3 is 15.4 Å². The zero-order valence-corrected chi connectivity index (χ0v) is 15.6. The Hall–Kier alpha value is -2.57. The molecule has 1 aliphatic rings. The van der Waals surface area contributed by atoms with Gasteiger partial charge in [-0.1, -0.05) is 35.3 Å². The zero-order valence-electron chi connectivity index (χ0n) is 14.1. The number of amides is 2. The third-order valence-corrected chi connectivity index (χ3v) is 4.45. The average Bonchev–Trinajstić information content (AvgIpc) is 3.44. The van der Waals surface area contributed by atoms with Crippen LogP contribution in [0.15, 0.2) is 42.5 Å². The molecule has 1 aliphatic carbocycles. The molecule has 0 bridgehead atoms. The molecule has 1 saturated carbocycles. The van der Waals surface area contributed by atoms with Crippen LogP contribution in [0.4, 0.5) is 5.69 Å². The lowest BCUT2D eigenvalue weighted by atomic mass is 10.2. The maximum absolute atomic E-state index is 12.1. The van der Waals surface area contributed by atoms with Crippen molar-refractivity contribution in [3.05, 3.63) is 63.6 Å². The molecule has 8 heteroatoms. The van der Waals surface area contributed by atoms with E-state index in [1.54, 1.807) is 30.3 Å². The zero-order chi connectivity index (χ0) is 19.4. The monoisotopic (exact) mass is 406 g/mol. The van der Waals surface area contributed by atoms with Gasteiger partial charge in [-0.2, -0.15) is 0 Å². The normalized spacial score (nSPS) is 13.0. The summed E-state index contributed by atoms with van der Waals surface area (Å²) in [7, 11) is 0. The standard InChI is InChI=1S/C19H16Cl2N2O4/c20-14-5-2-6-15(21)17(14)19(26)27-10-16(24)22-13-4-1-3-11(9-13)18(25)23-12-7-8-12/h1-6,9,12H,7-8,10H2,(H,22,24)(H,23,25). The first-order valence-electron chi connectivity index (χ1n) is 8.26. The highest BCUT2D eigenvalue weighted by Crippen LogP contribution is 2.25. The number of hydrogen-bond donors (Lipinski definition) is 2. The first kappa shape index (κ1) is 19.2. The molecule has 0 unspecified atom stereocenters. The minimum absolute atomic E-state index is 0.00683. The van der Waals surface area contributed by atoms with Gasteiger partial charge in [0.1, 0.15) is 0 Å². The molecule has 2 amide bonds. The summed E-state index contributed by atoms with van der Waals surface area (Å²) in [5, 5.41) is 5.74. The second-order valence-electron chi connectivity index (χ2n) is 6.05. The number of carbonyl (C=O) groups is 3. The molecule has 27 heavy (non-hydrogen) atoms. The topological polar surface area (TPSA) is 84.5 Å². The average molecular weight is 407 g/mol. The minimum atomic E-state index is -0.793. The molecule has 2 aromatic carbocycles. The molecule has 2 N–H and O–H groups in total. The van der Waals surface area contributed by atoms with Gasteiger partial charge in [0.15, 0.2) is 6.61 Å². The van der Waals surface area contributed by atoms with Crippen LogP contribution < -0.4 is 10.6 Å². The van der Waals surface area contributed by atoms with Crippen molar-refractivity contribution < 1.29 is 19.1 Å². The van der Waals surface area contributed by atoms with Crippen molar-refractivity contribution in [2.24, 2.45) is 0 Å². The molecule has 0 aromatic heterocycles. The van der Waals surface area contributed by atoms with Crippen LogP contribution in [0.25, 0.3) is 0 Å². The van der Waals surface area contributed by atoms with E-state index in [4.69, 9.17) is 27.9 Å². The van der Waals surface area contributed by atoms with Gasteiger partial charge in [0, 0.05) is 17.3 Å². The highest BCUT2D eigenvalue weighted by molar-refractivity contribution is 6.39. The Morgan fingerprint density at radius 1 is 1.04 bits per heavy atom. The Balaban J connectivity index is 1.56. The van der Waals surface area contributed by atoms with Crippen molar-refractivity contribution in [1.82, 2.24) is 5.32 Å². The summed E-state index contributed by atoms with van der Waals surface area (Å²) < 4.78 is 4.96. The fourth-order valence-electron chi connectivity index (χ4n) is 2.33. The van der Waals surface area contributed by atoms with Crippen LogP contribution >= 0.6 is 23.2 Å². The van der Waals surface area contributed by atoms with E-state index in [1.165, 1.54) is 12.1 Å². The number of benzene rings is 2. The Morgan fingerprint density at radius 3 is 2.37 bits per heavy atom. The van der Waals surface area contributed by atoms with Crippen LogP contribution in [0.2, 0.25) is 10.0 Å². The number of ether oxygens (including phenoxy) is 1. The first-order chi connectivity index (χ1) is 12.9. The SMILES string of the molecule is O=C(COC(=O)c1c(Cl)cccc1Cl)Nc1cccc(C(=O)NC2CC2)c1. The lowest BCUT2D eigenvalue weighted by Gasteiger charge is -2.09. The van der Waals surface area contributed by atoms with Crippen LogP contribution in [0, 0.1) is 0 Å². The van der Waals surface area contributed by atoms with E-state index >= 15 is 0 Å². The van der Waals surface area contributed by atoms with E-state index in [-0.39, 0.29) is 27.6 Å². The van der Waals surface area contributed by atoms with Crippen molar-refractivity contribution >= 4 is 46.7 Å². The number of nitrogens with one attached hydrogen (secondary N) is 2. The molecule has 2 aromatic rings. The maximum atomic E-state index is 12.1. The second-order valence-corrected chi connectivity index (χ2v) is 6.86. The van der Waals surface area contributed by atoms with Crippen LogP contribution in [-0.4, -0.2) is 30.4 Å². The number of halogens is 2. The summed E-state index contributed by atoms with van der Waals surface area (Å²) in [6, 6.07) is 11.4. The summed E-state index contributed by atoms with van der Waals surface area (Å²) in [5.41, 5.74) is 0.877. The fraction of sp³-hybridized carbons (Fsp3) is 0.211. The molecule has 0 saturated heterocycles. The molecule has 0 spiro atoms. The van der Waals surface area contributed by atoms with E-state index in [0.29, 0.717) is 11.3 Å². The smallest absolute Gasteiger partial charge is 0.341 e. The van der Waals surface area contributed by atoms with Gasteiger partial charge in [0.2, 0.25) is 0 Å². The Labute approximate surface area is 165 Å². The third kappa shape index (κ3) is 5.21. The molecule has 6 nitrogen and oxygen atoms in total. The van der Waals surface area contributed by atoms with E-state index in [9.17, 15) is 14.4 Å². The van der Waals surface area contributed by atoms with Crippen LogP contribution in [-0.2, 0) is 9.53 Å². The molecular formula is C19H16Cl2N2O4. The summed E-state index contributed by atoms with van der Waals surface area (Å²) in [6.07, 6.45) is 1.98. The van der Waals surface area contributed by atoms with Crippen molar-refractivity contribution in [2.45, 2.75) is 18.9 Å². The fourth-order valence-corrected chi connectivity index (χ4v) is 2.88. The maximum Gasteiger partial charge on any atom is 0.341 e. The van der Waals surface area contributed by atoms with Gasteiger partial charge >= 0.3 is 5.97 Å². The van der Waals surface area contributed by atoms with Crippen LogP contribution in [0.3, 0.4) is 0 Å². The van der Waals surface area contributed by atoms with Gasteiger partial charge in [-0.15, -0.1) is 0 Å². The Bertz CT molecular complexity index is 877. The summed E-state index contributed by atoms with van der Waals surface area (Å²) in [4.78, 5) is 36.2. The minimum Gasteiger partial charge on any atom is -0.452 e. The van der Waals surface area contributed by atoms with Crippen molar-refractivity contribution in [3.8, 4) is 0 Å². The van der Waals surface area contributed by atoms with E-state index in [1.807, 2.05) is 0 Å². The third-order valence-electron chi connectivity index (χ3n) is 3.82. The van der Waals surface area contributed by atoms with E-state index in [0.717, 1.165) is 12.8 Å². The van der Waals surface area contributed by atoms with Crippen molar-refractivity contribution in [2.75, 3.05) is 11.9 Å². The lowest BCUT2D eigenvalue weighted by molar-refractivity contribution is -0.119. The molecule has 3 rings (SSSR count). The Morgan fingerprint density at radius 2 is 1.70 bits per heavy atom. The van der Waals surface area contributed by atoms with E-state index in [2.05, 4.69) is 10.6 Å². The molecular weight excluding hydrogens is 391 g/mol. The van der Waals surface area contributed by atoms with Crippen LogP contribution in [0.1, 0.15) is 33.6 Å². The molecule has 0 aliphatic heterocycles. The number of rotatable bonds is 6. The lowest BCUT2D eigenvalue weighted by Crippen LogP contribution is -2.25. The predicted molar refractivity (Wildman–Crippen MR) is 102 cm³/mol. The number of hydrogen-bond acceptors (Lipinski definition) is 4. The van der Waals surface area contributed by atoms with Gasteiger partial charge in [0.25, 0.3) is 11.8 Å². The van der Waals surface area contributed by atoms with E-state index < -0.39 is 18.5 Å². The van der Waals surface area contributed by atoms with Crippen molar-refractivity contribution in [3.63, 3.8) is 0 Å². The van der Waals surface area contributed by atoms with Gasteiger partial charge in [0.05, 0.1) is 15.6 Å². The van der Waals surface area contributed by atoms with Gasteiger partial charge in [-0.3, -0.25) is 9.59 Å². The highest BCUT2D eigenvalue weighted by atomic mass is 35.5. The largest absolute Gasteiger partial charge is 0.452 e. The molecule has 0 heterocycles. The number of esters is 1. The summed E-state index contributed by atoms with van der Waals surface area (Å²) in [6.45, 7) is -0.515. The van der Waals surface area contributed by atoms with Crippen molar-refractivity contribution in [1.29, 1.82) is 0 Å². The quantitative estimate of drug-likeness (QED) is 0.716. The molecule has 0 radical (unpaired) electrons. The van der Waals surface area contributed by atoms with Gasteiger partial charge in [-0.05, 0) is 43.2 Å². The Kier molecular flexibility index (Phi) is 5.98. The van der Waals surface area contributed by atoms with Gasteiger partial charge in [-0.25, -0.2) is 4.79 Å². The number of anilines is 1. The molecule has 140 valence electrons. The molecule has 1 fully saturated rings. The summed E-state index contributed by atoms with van der Waals surface area (Å²) >= 11 is 11.9. The van der Waals surface area contributed by atoms with Crippen LogP contribution in [0.5, 0.6) is 0 Å².